The molecule has 0 saturated heterocycles. The summed E-state index contributed by atoms with van der Waals surface area (Å²) < 4.78 is 15.6. The number of esters is 2. The van der Waals surface area contributed by atoms with Crippen LogP contribution in [0.15, 0.2) is 34.7 Å². The van der Waals surface area contributed by atoms with Crippen molar-refractivity contribution in [2.45, 2.75) is 69.9 Å². The molecule has 5 saturated carbocycles. The SMILES string of the molecule is COC(=O)[C@H](O)[C@@H]1[C@]2(C)[C@]3(O)C[C@]1(C)C(=O)[C@@](O)(C3)[C@@]21CC[C@]2(C)C(=CC(=O)O[C@H]2c2ccoc2)C1=O. The zero-order chi connectivity index (χ0) is 27.0. The fourth-order valence-electron chi connectivity index (χ4n) is 9.46. The molecular formula is C27H30O10. The van der Waals surface area contributed by atoms with E-state index in [9.17, 15) is 34.5 Å². The summed E-state index contributed by atoms with van der Waals surface area (Å²) in [5.74, 6) is -4.28. The van der Waals surface area contributed by atoms with Crippen LogP contribution in [-0.2, 0) is 28.7 Å². The summed E-state index contributed by atoms with van der Waals surface area (Å²) in [6.07, 6.45) is 0.968. The molecule has 0 aromatic carbocycles. The first-order chi connectivity index (χ1) is 17.2. The third-order valence-corrected chi connectivity index (χ3v) is 10.9. The Kier molecular flexibility index (Phi) is 4.49. The first-order valence-electron chi connectivity index (χ1n) is 12.4. The van der Waals surface area contributed by atoms with Gasteiger partial charge in [-0.25, -0.2) is 9.59 Å². The van der Waals surface area contributed by atoms with Gasteiger partial charge in [-0.05, 0) is 25.3 Å². The number of ketones is 2. The van der Waals surface area contributed by atoms with Crippen molar-refractivity contribution in [1.29, 1.82) is 0 Å². The third kappa shape index (κ3) is 2.31. The van der Waals surface area contributed by atoms with E-state index in [1.807, 2.05) is 0 Å². The number of fused-ring (bicyclic) bond motifs is 1. The van der Waals surface area contributed by atoms with Crippen LogP contribution in [0.5, 0.6) is 0 Å². The Hall–Kier alpha value is -2.82. The molecule has 0 unspecified atom stereocenters. The summed E-state index contributed by atoms with van der Waals surface area (Å²) in [7, 11) is 1.10. The lowest BCUT2D eigenvalue weighted by molar-refractivity contribution is -0.217. The van der Waals surface area contributed by atoms with Crippen molar-refractivity contribution in [2.75, 3.05) is 7.11 Å². The van der Waals surface area contributed by atoms with Crippen molar-refractivity contribution in [3.8, 4) is 0 Å². The van der Waals surface area contributed by atoms with Crippen molar-refractivity contribution in [1.82, 2.24) is 0 Å². The second kappa shape index (κ2) is 6.78. The summed E-state index contributed by atoms with van der Waals surface area (Å²) in [6, 6.07) is 1.64. The van der Waals surface area contributed by atoms with Crippen LogP contribution in [0.25, 0.3) is 0 Å². The average molecular weight is 515 g/mol. The second-order valence-electron chi connectivity index (χ2n) is 12.2. The van der Waals surface area contributed by atoms with E-state index < -0.39 is 80.9 Å². The maximum absolute atomic E-state index is 14.7. The van der Waals surface area contributed by atoms with Crippen LogP contribution in [0, 0.1) is 27.6 Å². The summed E-state index contributed by atoms with van der Waals surface area (Å²) in [5, 5.41) is 35.3. The molecule has 5 aliphatic carbocycles. The molecule has 1 spiro atoms. The Bertz CT molecular complexity index is 1300. The molecule has 198 valence electrons. The van der Waals surface area contributed by atoms with Crippen LogP contribution < -0.4 is 0 Å². The van der Waals surface area contributed by atoms with Gasteiger partial charge in [-0.15, -0.1) is 0 Å². The van der Waals surface area contributed by atoms with Gasteiger partial charge in [0.2, 0.25) is 0 Å². The molecule has 0 amide bonds. The number of ether oxygens (including phenoxy) is 2. The number of rotatable bonds is 3. The van der Waals surface area contributed by atoms with E-state index in [1.165, 1.54) is 19.5 Å². The Morgan fingerprint density at radius 3 is 2.43 bits per heavy atom. The number of aliphatic hydroxyl groups is 3. The van der Waals surface area contributed by atoms with Crippen LogP contribution in [0.1, 0.15) is 58.1 Å². The van der Waals surface area contributed by atoms with Gasteiger partial charge in [-0.2, -0.15) is 0 Å². The van der Waals surface area contributed by atoms with Crippen molar-refractivity contribution in [3.05, 3.63) is 35.8 Å². The summed E-state index contributed by atoms with van der Waals surface area (Å²) in [5.41, 5.74) is -9.28. The van der Waals surface area contributed by atoms with Gasteiger partial charge >= 0.3 is 11.9 Å². The molecule has 3 N–H and O–H groups in total. The number of carbonyl (C=O) groups is 4. The number of carbonyl (C=O) groups excluding carboxylic acids is 4. The number of hydrogen-bond donors (Lipinski definition) is 3. The zero-order valence-electron chi connectivity index (χ0n) is 21.1. The minimum Gasteiger partial charge on any atom is -0.472 e. The predicted octanol–water partition coefficient (Wildman–Crippen LogP) is 1.17. The number of furan rings is 1. The topological polar surface area (TPSA) is 161 Å². The molecule has 6 aliphatic rings. The Morgan fingerprint density at radius 1 is 1.11 bits per heavy atom. The fraction of sp³-hybridized carbons (Fsp3) is 0.630. The third-order valence-electron chi connectivity index (χ3n) is 10.9. The molecule has 37 heavy (non-hydrogen) atoms. The van der Waals surface area contributed by atoms with Crippen molar-refractivity contribution < 1.29 is 48.4 Å². The molecule has 1 aromatic heterocycles. The van der Waals surface area contributed by atoms with Gasteiger partial charge in [0.25, 0.3) is 0 Å². The highest BCUT2D eigenvalue weighted by atomic mass is 16.5. The number of hydrogen-bond acceptors (Lipinski definition) is 10. The monoisotopic (exact) mass is 514 g/mol. The molecule has 5 fully saturated rings. The van der Waals surface area contributed by atoms with E-state index >= 15 is 0 Å². The van der Waals surface area contributed by atoms with E-state index in [-0.39, 0.29) is 24.8 Å². The van der Waals surface area contributed by atoms with Crippen molar-refractivity contribution in [2.24, 2.45) is 27.6 Å². The molecule has 10 heteroatoms. The quantitative estimate of drug-likeness (QED) is 0.500. The highest BCUT2D eigenvalue weighted by Crippen LogP contribution is 2.84. The van der Waals surface area contributed by atoms with Gasteiger partial charge in [-0.3, -0.25) is 9.59 Å². The van der Waals surface area contributed by atoms with E-state index in [2.05, 4.69) is 0 Å². The highest BCUT2D eigenvalue weighted by Gasteiger charge is 2.93. The first-order valence-corrected chi connectivity index (χ1v) is 12.4. The van der Waals surface area contributed by atoms with E-state index in [0.717, 1.165) is 13.2 Å². The number of Topliss-reactive ketones (excluding diaryl/α,β-unsaturated/α-hetero) is 2. The second-order valence-corrected chi connectivity index (χ2v) is 12.2. The predicted molar refractivity (Wildman–Crippen MR) is 122 cm³/mol. The molecule has 2 heterocycles. The molecule has 10 nitrogen and oxygen atoms in total. The summed E-state index contributed by atoms with van der Waals surface area (Å²) >= 11 is 0. The molecule has 1 aromatic rings. The van der Waals surface area contributed by atoms with Crippen molar-refractivity contribution in [3.63, 3.8) is 0 Å². The van der Waals surface area contributed by atoms with Crippen LogP contribution in [0.4, 0.5) is 0 Å². The van der Waals surface area contributed by atoms with Gasteiger partial charge in [-0.1, -0.05) is 20.8 Å². The number of methoxy groups -OCH3 is 1. The minimum atomic E-state index is -2.25. The summed E-state index contributed by atoms with van der Waals surface area (Å²) in [4.78, 5) is 54.1. The van der Waals surface area contributed by atoms with E-state index in [4.69, 9.17) is 13.9 Å². The van der Waals surface area contributed by atoms with Gasteiger partial charge in [0, 0.05) is 45.8 Å². The van der Waals surface area contributed by atoms with Gasteiger partial charge < -0.3 is 29.2 Å². The normalized spacial score (nSPS) is 48.6. The molecule has 0 radical (unpaired) electrons. The maximum atomic E-state index is 14.7. The molecule has 1 aliphatic heterocycles. The fourth-order valence-corrected chi connectivity index (χ4v) is 9.46. The highest BCUT2D eigenvalue weighted by molar-refractivity contribution is 6.14. The number of aliphatic hydroxyl groups excluding tert-OH is 1. The lowest BCUT2D eigenvalue weighted by atomic mass is 9.39. The Morgan fingerprint density at radius 2 is 1.81 bits per heavy atom. The first kappa shape index (κ1) is 24.5. The average Bonchev–Trinajstić information content (AvgIpc) is 3.44. The lowest BCUT2D eigenvalue weighted by Gasteiger charge is -2.62. The summed E-state index contributed by atoms with van der Waals surface area (Å²) in [6.45, 7) is 4.88. The van der Waals surface area contributed by atoms with Crippen LogP contribution >= 0.6 is 0 Å². The standard InChI is InChI=1S/C27H30O10/c1-22-6-7-26(18(30)14(22)9-15(28)37-19(22)13-5-8-36-10-13)24(3)17(16(29)20(31)35-4)23(2)11-25(24,33)12-27(26,34)21(23)32/h5,8-10,16-17,19,29,33-34H,6-7,11-12H2,1-4H3/t16-,17+,19+,22-,23+,24-,25+,26-,27+/m1/s1. The zero-order valence-corrected chi connectivity index (χ0v) is 21.1. The molecule has 7 rings (SSSR count). The lowest BCUT2D eigenvalue weighted by Crippen LogP contribution is -2.73. The Labute approximate surface area is 212 Å². The molecular weight excluding hydrogens is 484 g/mol. The van der Waals surface area contributed by atoms with E-state index in [0.29, 0.717) is 5.56 Å². The largest absolute Gasteiger partial charge is 0.472 e. The van der Waals surface area contributed by atoms with E-state index in [1.54, 1.807) is 19.9 Å². The van der Waals surface area contributed by atoms with Crippen LogP contribution in [0.2, 0.25) is 0 Å². The van der Waals surface area contributed by atoms with Crippen LogP contribution in [0.3, 0.4) is 0 Å². The molecule has 4 bridgehead atoms. The minimum absolute atomic E-state index is 0.0346. The maximum Gasteiger partial charge on any atom is 0.335 e. The van der Waals surface area contributed by atoms with Crippen molar-refractivity contribution >= 4 is 23.5 Å². The number of cyclic esters (lactones) is 1. The smallest absolute Gasteiger partial charge is 0.335 e. The van der Waals surface area contributed by atoms with Gasteiger partial charge in [0.1, 0.15) is 11.7 Å². The Balaban J connectivity index is 1.58. The van der Waals surface area contributed by atoms with Crippen LogP contribution in [-0.4, -0.2) is 63.2 Å². The molecule has 9 atom stereocenters. The van der Waals surface area contributed by atoms with Gasteiger partial charge in [0.05, 0.1) is 30.7 Å². The van der Waals surface area contributed by atoms with Gasteiger partial charge in [0.15, 0.2) is 17.7 Å².